The van der Waals surface area contributed by atoms with Crippen LogP contribution in [-0.4, -0.2) is 67.8 Å². The number of aliphatic carboxylic acids is 1. The summed E-state index contributed by atoms with van der Waals surface area (Å²) in [5, 5.41) is 13.4. The fourth-order valence-electron chi connectivity index (χ4n) is 0.993. The van der Waals surface area contributed by atoms with Crippen molar-refractivity contribution in [3.05, 3.63) is 0 Å². The highest BCUT2D eigenvalue weighted by atomic mass is 16.5. The van der Waals surface area contributed by atoms with Crippen molar-refractivity contribution in [3.63, 3.8) is 0 Å². The van der Waals surface area contributed by atoms with Crippen molar-refractivity contribution in [1.82, 2.24) is 15.5 Å². The second-order valence-corrected chi connectivity index (χ2v) is 3.71. The average molecular weight is 261 g/mol. The summed E-state index contributed by atoms with van der Waals surface area (Å²) in [4.78, 5) is 34.4. The summed E-state index contributed by atoms with van der Waals surface area (Å²) in [6.45, 7) is 1.93. The minimum Gasteiger partial charge on any atom is -0.480 e. The molecule has 0 rings (SSSR count). The minimum absolute atomic E-state index is 0.151. The van der Waals surface area contributed by atoms with Crippen molar-refractivity contribution in [1.29, 1.82) is 0 Å². The van der Waals surface area contributed by atoms with Gasteiger partial charge >= 0.3 is 12.0 Å². The zero-order chi connectivity index (χ0) is 14.1. The predicted molar refractivity (Wildman–Crippen MR) is 63.1 cm³/mol. The third-order valence-electron chi connectivity index (χ3n) is 2.07. The fraction of sp³-hybridized carbons (Fsp3) is 0.700. The predicted octanol–water partition coefficient (Wildman–Crippen LogP) is -1.14. The molecule has 0 aliphatic heterocycles. The van der Waals surface area contributed by atoms with Crippen molar-refractivity contribution < 1.29 is 24.2 Å². The van der Waals surface area contributed by atoms with E-state index in [0.29, 0.717) is 13.2 Å². The second kappa shape index (κ2) is 8.29. The minimum atomic E-state index is -1.14. The van der Waals surface area contributed by atoms with Gasteiger partial charge in [0, 0.05) is 20.7 Å². The largest absolute Gasteiger partial charge is 0.480 e. The average Bonchev–Trinajstić information content (AvgIpc) is 2.28. The van der Waals surface area contributed by atoms with E-state index in [4.69, 9.17) is 9.84 Å². The van der Waals surface area contributed by atoms with Crippen LogP contribution in [0.2, 0.25) is 0 Å². The topological polar surface area (TPSA) is 108 Å². The van der Waals surface area contributed by atoms with E-state index in [1.165, 1.54) is 21.1 Å². The Labute approximate surface area is 105 Å². The quantitative estimate of drug-likeness (QED) is 0.502. The van der Waals surface area contributed by atoms with Crippen LogP contribution in [0.25, 0.3) is 0 Å². The van der Waals surface area contributed by atoms with Crippen LogP contribution in [0.5, 0.6) is 0 Å². The number of carbonyl (C=O) groups excluding carboxylic acids is 2. The van der Waals surface area contributed by atoms with Crippen LogP contribution in [0.3, 0.4) is 0 Å². The number of nitrogens with zero attached hydrogens (tertiary/aromatic N) is 1. The number of carboxylic acid groups (broad SMARTS) is 1. The summed E-state index contributed by atoms with van der Waals surface area (Å²) in [5.74, 6) is -1.48. The van der Waals surface area contributed by atoms with Gasteiger partial charge in [-0.05, 0) is 6.92 Å². The van der Waals surface area contributed by atoms with Gasteiger partial charge in [-0.1, -0.05) is 0 Å². The van der Waals surface area contributed by atoms with Crippen molar-refractivity contribution in [2.45, 2.75) is 13.0 Å². The Balaban J connectivity index is 4.00. The maximum atomic E-state index is 11.5. The van der Waals surface area contributed by atoms with Gasteiger partial charge in [0.1, 0.15) is 12.6 Å². The Morgan fingerprint density at radius 3 is 2.50 bits per heavy atom. The number of methoxy groups -OCH3 is 1. The lowest BCUT2D eigenvalue weighted by Gasteiger charge is -2.19. The smallest absolute Gasteiger partial charge is 0.325 e. The number of carboxylic acids is 1. The molecule has 0 unspecified atom stereocenters. The number of amides is 3. The van der Waals surface area contributed by atoms with E-state index in [2.05, 4.69) is 10.6 Å². The molecule has 0 radical (unpaired) electrons. The molecule has 3 N–H and O–H groups in total. The van der Waals surface area contributed by atoms with Crippen molar-refractivity contribution >= 4 is 17.9 Å². The molecule has 0 aromatic rings. The lowest BCUT2D eigenvalue weighted by molar-refractivity contribution is -0.138. The van der Waals surface area contributed by atoms with Gasteiger partial charge in [0.25, 0.3) is 0 Å². The monoisotopic (exact) mass is 261 g/mol. The van der Waals surface area contributed by atoms with E-state index in [-0.39, 0.29) is 12.5 Å². The highest BCUT2D eigenvalue weighted by Crippen LogP contribution is 1.88. The first-order valence-corrected chi connectivity index (χ1v) is 5.38. The number of hydrogen-bond acceptors (Lipinski definition) is 4. The molecule has 0 saturated carbocycles. The van der Waals surface area contributed by atoms with E-state index >= 15 is 0 Å². The molecular weight excluding hydrogens is 242 g/mol. The summed E-state index contributed by atoms with van der Waals surface area (Å²) in [5.41, 5.74) is 0. The van der Waals surface area contributed by atoms with Gasteiger partial charge in [-0.15, -0.1) is 0 Å². The van der Waals surface area contributed by atoms with E-state index in [1.807, 2.05) is 0 Å². The van der Waals surface area contributed by atoms with E-state index < -0.39 is 18.0 Å². The molecule has 104 valence electrons. The summed E-state index contributed by atoms with van der Waals surface area (Å²) in [6, 6.07) is -1.62. The molecule has 1 atom stereocenters. The maximum absolute atomic E-state index is 11.5. The number of carbonyl (C=O) groups is 3. The van der Waals surface area contributed by atoms with Gasteiger partial charge in [-0.25, -0.2) is 4.79 Å². The number of likely N-dealkylation sites (N-methyl/N-ethyl adjacent to an activating group) is 1. The van der Waals surface area contributed by atoms with Gasteiger partial charge in [0.05, 0.1) is 6.61 Å². The number of ether oxygens (including phenoxy) is 1. The molecule has 0 bridgehead atoms. The summed E-state index contributed by atoms with van der Waals surface area (Å²) in [7, 11) is 2.92. The highest BCUT2D eigenvalue weighted by Gasteiger charge is 2.18. The Bertz CT molecular complexity index is 308. The Kier molecular flexibility index (Phi) is 7.45. The summed E-state index contributed by atoms with van der Waals surface area (Å²) in [6.07, 6.45) is 0. The van der Waals surface area contributed by atoms with Crippen LogP contribution in [-0.2, 0) is 14.3 Å². The van der Waals surface area contributed by atoms with Gasteiger partial charge in [0.15, 0.2) is 0 Å². The molecule has 8 nitrogen and oxygen atoms in total. The van der Waals surface area contributed by atoms with Crippen LogP contribution in [0.15, 0.2) is 0 Å². The van der Waals surface area contributed by atoms with Gasteiger partial charge in [-0.2, -0.15) is 0 Å². The Morgan fingerprint density at radius 1 is 1.39 bits per heavy atom. The fourth-order valence-corrected chi connectivity index (χ4v) is 0.993. The number of nitrogens with one attached hydrogen (secondary N) is 2. The SMILES string of the molecule is COCCNC(=O)CN(C)C(=O)N[C@@H](C)C(=O)O. The third kappa shape index (κ3) is 6.69. The molecule has 0 fully saturated rings. The molecule has 0 saturated heterocycles. The lowest BCUT2D eigenvalue weighted by Crippen LogP contribution is -2.48. The molecule has 0 spiro atoms. The van der Waals surface area contributed by atoms with E-state index in [1.54, 1.807) is 0 Å². The van der Waals surface area contributed by atoms with Gasteiger partial charge in [-0.3, -0.25) is 9.59 Å². The molecule has 0 aliphatic carbocycles. The molecule has 0 aromatic heterocycles. The maximum Gasteiger partial charge on any atom is 0.325 e. The number of urea groups is 1. The lowest BCUT2D eigenvalue weighted by atomic mass is 10.3. The highest BCUT2D eigenvalue weighted by molar-refractivity contribution is 5.86. The standard InChI is InChI=1S/C10H19N3O5/c1-7(9(15)16)12-10(17)13(2)6-8(14)11-4-5-18-3/h7H,4-6H2,1-3H3,(H,11,14)(H,12,17)(H,15,16)/t7-/m0/s1. The summed E-state index contributed by atoms with van der Waals surface area (Å²) < 4.78 is 4.75. The normalized spacial score (nSPS) is 11.5. The molecule has 0 heterocycles. The Morgan fingerprint density at radius 2 is 2.00 bits per heavy atom. The van der Waals surface area contributed by atoms with Gasteiger partial charge < -0.3 is 25.4 Å². The zero-order valence-corrected chi connectivity index (χ0v) is 10.7. The zero-order valence-electron chi connectivity index (χ0n) is 10.7. The Hall–Kier alpha value is -1.83. The molecule has 18 heavy (non-hydrogen) atoms. The van der Waals surface area contributed by atoms with Gasteiger partial charge in [0.2, 0.25) is 5.91 Å². The number of rotatable bonds is 7. The van der Waals surface area contributed by atoms with Crippen LogP contribution in [0, 0.1) is 0 Å². The number of hydrogen-bond donors (Lipinski definition) is 3. The van der Waals surface area contributed by atoms with E-state index in [9.17, 15) is 14.4 Å². The first-order chi connectivity index (χ1) is 8.38. The molecule has 0 aliphatic rings. The second-order valence-electron chi connectivity index (χ2n) is 3.71. The van der Waals surface area contributed by atoms with Crippen LogP contribution >= 0.6 is 0 Å². The van der Waals surface area contributed by atoms with Crippen LogP contribution < -0.4 is 10.6 Å². The molecule has 0 aromatic carbocycles. The molecule has 3 amide bonds. The van der Waals surface area contributed by atoms with Crippen LogP contribution in [0.1, 0.15) is 6.92 Å². The van der Waals surface area contributed by atoms with Crippen molar-refractivity contribution in [2.75, 3.05) is 33.9 Å². The van der Waals surface area contributed by atoms with Crippen LogP contribution in [0.4, 0.5) is 4.79 Å². The van der Waals surface area contributed by atoms with E-state index in [0.717, 1.165) is 4.90 Å². The first-order valence-electron chi connectivity index (χ1n) is 5.38. The van der Waals surface area contributed by atoms with Crippen molar-refractivity contribution in [3.8, 4) is 0 Å². The molecule has 8 heteroatoms. The third-order valence-corrected chi connectivity index (χ3v) is 2.07. The first kappa shape index (κ1) is 16.2. The summed E-state index contributed by atoms with van der Waals surface area (Å²) >= 11 is 0. The molecular formula is C10H19N3O5. The van der Waals surface area contributed by atoms with Crippen molar-refractivity contribution in [2.24, 2.45) is 0 Å².